The maximum atomic E-state index is 13.3. The van der Waals surface area contributed by atoms with Crippen LogP contribution in [-0.4, -0.2) is 52.3 Å². The van der Waals surface area contributed by atoms with Crippen LogP contribution >= 0.6 is 11.3 Å². The molecule has 4 aliphatic rings. The van der Waals surface area contributed by atoms with Crippen LogP contribution in [0.15, 0.2) is 6.33 Å². The molecule has 9 nitrogen and oxygen atoms in total. The molecule has 0 bridgehead atoms. The van der Waals surface area contributed by atoms with Crippen LogP contribution in [0.3, 0.4) is 0 Å². The van der Waals surface area contributed by atoms with E-state index in [1.165, 1.54) is 17.7 Å². The van der Waals surface area contributed by atoms with Gasteiger partial charge in [-0.25, -0.2) is 0 Å². The summed E-state index contributed by atoms with van der Waals surface area (Å²) < 4.78 is 2.13. The smallest absolute Gasteiger partial charge is 0.254 e. The van der Waals surface area contributed by atoms with Crippen LogP contribution < -0.4 is 21.3 Å². The molecule has 0 radical (unpaired) electrons. The van der Waals surface area contributed by atoms with E-state index in [1.807, 2.05) is 0 Å². The van der Waals surface area contributed by atoms with Crippen molar-refractivity contribution in [1.29, 1.82) is 0 Å². The van der Waals surface area contributed by atoms with Crippen LogP contribution in [0.1, 0.15) is 65.4 Å². The lowest BCUT2D eigenvalue weighted by molar-refractivity contribution is -0.117. The molecule has 0 spiro atoms. The normalized spacial score (nSPS) is 24.4. The molecular weight excluding hydrogens is 438 g/mol. The summed E-state index contributed by atoms with van der Waals surface area (Å²) in [6.45, 7) is 2.67. The first kappa shape index (κ1) is 21.1. The molecule has 10 heteroatoms. The second-order valence-corrected chi connectivity index (χ2v) is 11.0. The zero-order valence-corrected chi connectivity index (χ0v) is 19.5. The van der Waals surface area contributed by atoms with Crippen LogP contribution in [0.4, 0.5) is 10.9 Å². The van der Waals surface area contributed by atoms with E-state index in [1.54, 1.807) is 17.7 Å². The molecule has 6 rings (SSSR count). The van der Waals surface area contributed by atoms with Gasteiger partial charge in [0.25, 0.3) is 5.91 Å². The Morgan fingerprint density at radius 1 is 1.18 bits per heavy atom. The Kier molecular flexibility index (Phi) is 5.57. The van der Waals surface area contributed by atoms with Gasteiger partial charge in [-0.05, 0) is 69.4 Å². The lowest BCUT2D eigenvalue weighted by atomic mass is 9.91. The van der Waals surface area contributed by atoms with Gasteiger partial charge in [0.05, 0.1) is 5.56 Å². The number of carbonyl (C=O) groups excluding carboxylic acids is 2. The molecule has 3 heterocycles. The third-order valence-corrected chi connectivity index (χ3v) is 8.46. The highest BCUT2D eigenvalue weighted by Crippen LogP contribution is 2.42. The molecule has 2 aromatic rings. The third-order valence-electron chi connectivity index (χ3n) is 7.26. The average molecular weight is 470 g/mol. The summed E-state index contributed by atoms with van der Waals surface area (Å²) in [6, 6.07) is 0.544. The third kappa shape index (κ3) is 4.50. The van der Waals surface area contributed by atoms with Crippen molar-refractivity contribution in [3.63, 3.8) is 0 Å². The molecule has 2 aromatic heterocycles. The van der Waals surface area contributed by atoms with E-state index < -0.39 is 0 Å². The number of amides is 2. The fourth-order valence-electron chi connectivity index (χ4n) is 4.91. The fraction of sp³-hybridized carbons (Fsp3) is 0.652. The van der Waals surface area contributed by atoms with Crippen molar-refractivity contribution in [2.45, 2.75) is 63.5 Å². The van der Waals surface area contributed by atoms with E-state index in [-0.39, 0.29) is 23.8 Å². The van der Waals surface area contributed by atoms with Gasteiger partial charge in [0, 0.05) is 36.0 Å². The fourth-order valence-corrected chi connectivity index (χ4v) is 6.16. The number of nitrogens with zero attached hydrogens (tertiary/aromatic N) is 3. The molecule has 0 unspecified atom stereocenters. The van der Waals surface area contributed by atoms with Crippen molar-refractivity contribution < 1.29 is 9.59 Å². The van der Waals surface area contributed by atoms with Gasteiger partial charge in [-0.15, -0.1) is 21.5 Å². The molecule has 2 saturated carbocycles. The highest BCUT2D eigenvalue weighted by Gasteiger charge is 2.35. The predicted octanol–water partition coefficient (Wildman–Crippen LogP) is 2.33. The van der Waals surface area contributed by atoms with Crippen LogP contribution in [0, 0.1) is 11.8 Å². The molecule has 0 aromatic carbocycles. The first-order valence-corrected chi connectivity index (χ1v) is 13.1. The number of rotatable bonds is 8. The maximum Gasteiger partial charge on any atom is 0.254 e. The first-order valence-electron chi connectivity index (χ1n) is 12.3. The summed E-state index contributed by atoms with van der Waals surface area (Å²) in [5, 5.41) is 22.4. The monoisotopic (exact) mass is 469 g/mol. The Morgan fingerprint density at radius 2 is 2.06 bits per heavy atom. The number of fused-ring (bicyclic) bond motifs is 1. The summed E-state index contributed by atoms with van der Waals surface area (Å²) in [4.78, 5) is 27.0. The average Bonchev–Trinajstić information content (AvgIpc) is 3.70. The first-order chi connectivity index (χ1) is 16.2. The van der Waals surface area contributed by atoms with Crippen molar-refractivity contribution in [1.82, 2.24) is 25.4 Å². The SMILES string of the molecule is O=C(NCC1CC1)c1c(NC(=O)C2CC2)sc2c1C[C@@H](n1cnnc1N[C@H]1CCNC1)CC2. The minimum atomic E-state index is -0.0507. The number of hydrogen-bond acceptors (Lipinski definition) is 7. The zero-order valence-electron chi connectivity index (χ0n) is 18.7. The minimum Gasteiger partial charge on any atom is -0.352 e. The van der Waals surface area contributed by atoms with Gasteiger partial charge in [0.15, 0.2) is 0 Å². The quantitative estimate of drug-likeness (QED) is 0.472. The molecule has 3 aliphatic carbocycles. The number of nitrogens with one attached hydrogen (secondary N) is 4. The van der Waals surface area contributed by atoms with Crippen molar-refractivity contribution >= 4 is 34.1 Å². The van der Waals surface area contributed by atoms with Gasteiger partial charge in [-0.3, -0.25) is 14.2 Å². The molecule has 2 atom stereocenters. The summed E-state index contributed by atoms with van der Waals surface area (Å²) in [5.74, 6) is 1.52. The molecule has 33 heavy (non-hydrogen) atoms. The number of hydrogen-bond donors (Lipinski definition) is 4. The Bertz CT molecular complexity index is 1050. The number of thiophene rings is 1. The van der Waals surface area contributed by atoms with Gasteiger partial charge in [-0.1, -0.05) is 0 Å². The topological polar surface area (TPSA) is 113 Å². The number of aromatic nitrogens is 3. The Labute approximate surface area is 197 Å². The Hall–Kier alpha value is -2.46. The van der Waals surface area contributed by atoms with Crippen molar-refractivity contribution in [2.75, 3.05) is 30.3 Å². The van der Waals surface area contributed by atoms with Gasteiger partial charge in [0.2, 0.25) is 11.9 Å². The number of aryl methyl sites for hydroxylation is 1. The molecule has 3 fully saturated rings. The van der Waals surface area contributed by atoms with Gasteiger partial charge in [0.1, 0.15) is 11.3 Å². The minimum absolute atomic E-state index is 0.0507. The van der Waals surface area contributed by atoms with E-state index in [0.717, 1.165) is 74.7 Å². The molecule has 2 amide bonds. The molecule has 176 valence electrons. The predicted molar refractivity (Wildman–Crippen MR) is 127 cm³/mol. The van der Waals surface area contributed by atoms with E-state index in [9.17, 15) is 9.59 Å². The van der Waals surface area contributed by atoms with E-state index in [2.05, 4.69) is 36.0 Å². The highest BCUT2D eigenvalue weighted by atomic mass is 32.1. The Balaban J connectivity index is 1.25. The van der Waals surface area contributed by atoms with Crippen LogP contribution in [0.5, 0.6) is 0 Å². The largest absolute Gasteiger partial charge is 0.352 e. The standard InChI is InChI=1S/C23H31N7O2S/c31-20(14-3-4-14)28-22-19(21(32)25-10-13-1-2-13)17-9-16(5-6-18(17)33-22)30-12-26-29-23(30)27-15-7-8-24-11-15/h12-16,24H,1-11H2,(H,25,32)(H,27,29)(H,28,31)/t15-,16-/m0/s1. The van der Waals surface area contributed by atoms with Crippen LogP contribution in [0.25, 0.3) is 0 Å². The van der Waals surface area contributed by atoms with E-state index >= 15 is 0 Å². The second kappa shape index (κ2) is 8.72. The van der Waals surface area contributed by atoms with Crippen molar-refractivity contribution in [2.24, 2.45) is 11.8 Å². The van der Waals surface area contributed by atoms with Crippen molar-refractivity contribution in [3.8, 4) is 0 Å². The summed E-state index contributed by atoms with van der Waals surface area (Å²) in [5.41, 5.74) is 1.76. The van der Waals surface area contributed by atoms with E-state index in [4.69, 9.17) is 0 Å². The number of anilines is 2. The van der Waals surface area contributed by atoms with Gasteiger partial charge >= 0.3 is 0 Å². The summed E-state index contributed by atoms with van der Waals surface area (Å²) >= 11 is 1.59. The highest BCUT2D eigenvalue weighted by molar-refractivity contribution is 7.17. The second-order valence-electron chi connectivity index (χ2n) is 9.92. The molecule has 4 N–H and O–H groups in total. The van der Waals surface area contributed by atoms with Gasteiger partial charge in [-0.2, -0.15) is 0 Å². The summed E-state index contributed by atoms with van der Waals surface area (Å²) in [7, 11) is 0. The molecule has 1 saturated heterocycles. The molecule has 1 aliphatic heterocycles. The van der Waals surface area contributed by atoms with Crippen LogP contribution in [-0.2, 0) is 17.6 Å². The van der Waals surface area contributed by atoms with Crippen molar-refractivity contribution in [3.05, 3.63) is 22.3 Å². The zero-order chi connectivity index (χ0) is 22.4. The Morgan fingerprint density at radius 3 is 2.82 bits per heavy atom. The lowest BCUT2D eigenvalue weighted by Gasteiger charge is -2.26. The van der Waals surface area contributed by atoms with E-state index in [0.29, 0.717) is 17.5 Å². The van der Waals surface area contributed by atoms with Crippen LogP contribution in [0.2, 0.25) is 0 Å². The van der Waals surface area contributed by atoms with Gasteiger partial charge < -0.3 is 21.3 Å². The summed E-state index contributed by atoms with van der Waals surface area (Å²) in [6.07, 6.45) is 9.73. The molecular formula is C23H31N7O2S. The maximum absolute atomic E-state index is 13.3. The lowest BCUT2D eigenvalue weighted by Crippen LogP contribution is -2.29. The number of carbonyl (C=O) groups is 2.